The monoisotopic (exact) mass is 546 g/mol. The van der Waals surface area contributed by atoms with Crippen molar-refractivity contribution in [2.75, 3.05) is 25.5 Å². The fourth-order valence-corrected chi connectivity index (χ4v) is 4.66. The van der Waals surface area contributed by atoms with Crippen molar-refractivity contribution in [3.63, 3.8) is 0 Å². The summed E-state index contributed by atoms with van der Waals surface area (Å²) in [5.41, 5.74) is 6.66. The Kier molecular flexibility index (Phi) is 9.21. The first-order valence-electron chi connectivity index (χ1n) is 13.6. The highest BCUT2D eigenvalue weighted by atomic mass is 16.5. The molecule has 10 heteroatoms. The Balaban J connectivity index is 1.54. The molecule has 1 fully saturated rings. The Bertz CT molecular complexity index is 1290. The lowest BCUT2D eigenvalue weighted by atomic mass is 10.0. The van der Waals surface area contributed by atoms with E-state index in [0.29, 0.717) is 31.7 Å². The maximum absolute atomic E-state index is 13.6. The van der Waals surface area contributed by atoms with Crippen LogP contribution in [0.25, 0.3) is 0 Å². The number of nitrogens with one attached hydrogen (secondary N) is 2. The maximum atomic E-state index is 13.6. The van der Waals surface area contributed by atoms with Crippen LogP contribution in [0.2, 0.25) is 0 Å². The van der Waals surface area contributed by atoms with E-state index < -0.39 is 29.4 Å². The quantitative estimate of drug-likeness (QED) is 0.339. The van der Waals surface area contributed by atoms with Crippen molar-refractivity contribution < 1.29 is 19.1 Å². The van der Waals surface area contributed by atoms with Crippen molar-refractivity contribution in [3.8, 4) is 5.75 Å². The number of likely N-dealkylation sites (tertiary alicyclic amines) is 1. The normalized spacial score (nSPS) is 14.8. The van der Waals surface area contributed by atoms with Gasteiger partial charge in [-0.3, -0.25) is 14.4 Å². The van der Waals surface area contributed by atoms with Crippen LogP contribution >= 0.6 is 0 Å². The molecular formula is C30H38N6O4. The number of carbonyl (C=O) groups is 3. The number of nitrogens with zero attached hydrogens (tertiary/aromatic N) is 3. The lowest BCUT2D eigenvalue weighted by Gasteiger charge is -2.24. The van der Waals surface area contributed by atoms with Gasteiger partial charge in [0.05, 0.1) is 19.0 Å². The van der Waals surface area contributed by atoms with Gasteiger partial charge in [0.1, 0.15) is 17.8 Å². The summed E-state index contributed by atoms with van der Waals surface area (Å²) in [5.74, 6) is 0.103. The Morgan fingerprint density at radius 2 is 1.73 bits per heavy atom. The second-order valence-electron chi connectivity index (χ2n) is 10.7. The van der Waals surface area contributed by atoms with Crippen LogP contribution < -0.4 is 21.1 Å². The molecule has 0 radical (unpaired) electrons. The van der Waals surface area contributed by atoms with E-state index >= 15 is 0 Å². The molecule has 0 saturated carbocycles. The highest BCUT2D eigenvalue weighted by Gasteiger charge is 2.31. The number of ether oxygens (including phenoxy) is 1. The van der Waals surface area contributed by atoms with E-state index in [1.807, 2.05) is 59.5 Å². The highest BCUT2D eigenvalue weighted by Crippen LogP contribution is 2.26. The SMILES string of the molecule is COc1ccc(C(C(=O)N2CCCC2)n2cnc(NC(=O)[C@@H](CCc3ccccc3)NC(=O)C(C)(C)N)c2)cc1. The minimum absolute atomic E-state index is 0.0314. The second kappa shape index (κ2) is 12.8. The van der Waals surface area contributed by atoms with Gasteiger partial charge in [0.25, 0.3) is 0 Å². The van der Waals surface area contributed by atoms with Gasteiger partial charge >= 0.3 is 0 Å². The van der Waals surface area contributed by atoms with Crippen LogP contribution in [0, 0.1) is 0 Å². The Morgan fingerprint density at radius 3 is 2.35 bits per heavy atom. The van der Waals surface area contributed by atoms with E-state index in [4.69, 9.17) is 10.5 Å². The standard InChI is InChI=1S/C30H38N6O4/c1-30(2,31)29(39)33-24(16-11-21-9-5-4-6-10-21)27(37)34-25-19-36(20-32-25)26(28(38)35-17-7-8-18-35)22-12-14-23(40-3)15-13-22/h4-6,9-10,12-15,19-20,24,26H,7-8,11,16-18,31H2,1-3H3,(H,33,39)(H,34,37)/t24-,26?/m1/s1. The smallest absolute Gasteiger partial charge is 0.250 e. The topological polar surface area (TPSA) is 132 Å². The van der Waals surface area contributed by atoms with Crippen molar-refractivity contribution in [1.29, 1.82) is 0 Å². The van der Waals surface area contributed by atoms with Gasteiger partial charge < -0.3 is 30.6 Å². The molecule has 1 aromatic heterocycles. The Morgan fingerprint density at radius 1 is 1.05 bits per heavy atom. The van der Waals surface area contributed by atoms with Gasteiger partial charge in [-0.15, -0.1) is 0 Å². The first-order valence-corrected chi connectivity index (χ1v) is 13.6. The summed E-state index contributed by atoms with van der Waals surface area (Å²) in [6.45, 7) is 4.60. The molecule has 3 aromatic rings. The average molecular weight is 547 g/mol. The molecule has 1 unspecified atom stereocenters. The van der Waals surface area contributed by atoms with Gasteiger partial charge in [-0.05, 0) is 62.8 Å². The molecule has 4 rings (SSSR count). The van der Waals surface area contributed by atoms with Crippen LogP contribution in [-0.4, -0.2) is 64.0 Å². The number of methoxy groups -OCH3 is 1. The molecule has 1 saturated heterocycles. The number of imidazole rings is 1. The highest BCUT2D eigenvalue weighted by molar-refractivity contribution is 5.98. The van der Waals surface area contributed by atoms with Crippen LogP contribution in [0.3, 0.4) is 0 Å². The molecule has 212 valence electrons. The Labute approximate surface area is 234 Å². The van der Waals surface area contributed by atoms with Crippen molar-refractivity contribution in [1.82, 2.24) is 19.8 Å². The van der Waals surface area contributed by atoms with Crippen LogP contribution in [0.1, 0.15) is 50.3 Å². The molecule has 1 aliphatic rings. The first kappa shape index (κ1) is 28.8. The fourth-order valence-electron chi connectivity index (χ4n) is 4.66. The number of benzene rings is 2. The fraction of sp³-hybridized carbons (Fsp3) is 0.400. The lowest BCUT2D eigenvalue weighted by Crippen LogP contribution is -2.55. The molecule has 1 aliphatic heterocycles. The number of hydrogen-bond donors (Lipinski definition) is 3. The molecule has 2 aromatic carbocycles. The first-order chi connectivity index (χ1) is 19.2. The van der Waals surface area contributed by atoms with Crippen LogP contribution in [0.4, 0.5) is 5.82 Å². The van der Waals surface area contributed by atoms with E-state index in [2.05, 4.69) is 15.6 Å². The molecule has 40 heavy (non-hydrogen) atoms. The zero-order valence-corrected chi connectivity index (χ0v) is 23.3. The van der Waals surface area contributed by atoms with Crippen LogP contribution in [-0.2, 0) is 20.8 Å². The third-order valence-electron chi connectivity index (χ3n) is 7.01. The minimum Gasteiger partial charge on any atom is -0.497 e. The molecule has 0 bridgehead atoms. The zero-order chi connectivity index (χ0) is 28.7. The molecule has 0 spiro atoms. The summed E-state index contributed by atoms with van der Waals surface area (Å²) in [7, 11) is 1.59. The van der Waals surface area contributed by atoms with Gasteiger partial charge in [-0.2, -0.15) is 0 Å². The van der Waals surface area contributed by atoms with Gasteiger partial charge in [0, 0.05) is 19.3 Å². The van der Waals surface area contributed by atoms with E-state index in [1.165, 1.54) is 0 Å². The minimum atomic E-state index is -1.14. The average Bonchev–Trinajstić information content (AvgIpc) is 3.64. The summed E-state index contributed by atoms with van der Waals surface area (Å²) in [5, 5.41) is 5.60. The number of rotatable bonds is 11. The number of aryl methyl sites for hydroxylation is 1. The molecule has 3 amide bonds. The Hall–Kier alpha value is -4.18. The van der Waals surface area contributed by atoms with E-state index in [1.54, 1.807) is 38.0 Å². The van der Waals surface area contributed by atoms with Crippen molar-refractivity contribution in [3.05, 3.63) is 78.2 Å². The number of amides is 3. The van der Waals surface area contributed by atoms with Crippen LogP contribution in [0.5, 0.6) is 5.75 Å². The molecule has 10 nitrogen and oxygen atoms in total. The molecule has 4 N–H and O–H groups in total. The van der Waals surface area contributed by atoms with Crippen molar-refractivity contribution >= 4 is 23.5 Å². The van der Waals surface area contributed by atoms with Crippen LogP contribution in [0.15, 0.2) is 67.1 Å². The van der Waals surface area contributed by atoms with Gasteiger partial charge in [0.15, 0.2) is 5.82 Å². The van der Waals surface area contributed by atoms with Crippen molar-refractivity contribution in [2.24, 2.45) is 5.73 Å². The van der Waals surface area contributed by atoms with Crippen molar-refractivity contribution in [2.45, 2.75) is 57.2 Å². The third-order valence-corrected chi connectivity index (χ3v) is 7.01. The molecule has 2 atom stereocenters. The largest absolute Gasteiger partial charge is 0.497 e. The van der Waals surface area contributed by atoms with E-state index in [-0.39, 0.29) is 11.7 Å². The second-order valence-corrected chi connectivity index (χ2v) is 10.7. The molecule has 0 aliphatic carbocycles. The summed E-state index contributed by atoms with van der Waals surface area (Å²) in [6.07, 6.45) is 6.09. The number of carbonyl (C=O) groups excluding carboxylic acids is 3. The van der Waals surface area contributed by atoms with Gasteiger partial charge in [-0.1, -0.05) is 42.5 Å². The van der Waals surface area contributed by atoms with Gasteiger partial charge in [0.2, 0.25) is 17.7 Å². The molecule has 2 heterocycles. The maximum Gasteiger partial charge on any atom is 0.250 e. The summed E-state index contributed by atoms with van der Waals surface area (Å²) in [6, 6.07) is 15.6. The summed E-state index contributed by atoms with van der Waals surface area (Å²) < 4.78 is 6.99. The van der Waals surface area contributed by atoms with E-state index in [9.17, 15) is 14.4 Å². The summed E-state index contributed by atoms with van der Waals surface area (Å²) >= 11 is 0. The summed E-state index contributed by atoms with van der Waals surface area (Å²) in [4.78, 5) is 45.8. The zero-order valence-electron chi connectivity index (χ0n) is 23.3. The predicted molar refractivity (Wildman–Crippen MR) is 153 cm³/mol. The van der Waals surface area contributed by atoms with Gasteiger partial charge in [-0.25, -0.2) is 4.98 Å². The third kappa shape index (κ3) is 7.26. The predicted octanol–water partition coefficient (Wildman–Crippen LogP) is 2.90. The van der Waals surface area contributed by atoms with E-state index in [0.717, 1.165) is 24.0 Å². The number of nitrogens with two attached hydrogens (primary N) is 1. The number of aromatic nitrogens is 2. The lowest BCUT2D eigenvalue weighted by molar-refractivity contribution is -0.132. The molecular weight excluding hydrogens is 508 g/mol. The number of hydrogen-bond acceptors (Lipinski definition) is 6. The number of anilines is 1.